The summed E-state index contributed by atoms with van der Waals surface area (Å²) in [5, 5.41) is 11.5. The lowest BCUT2D eigenvalue weighted by Gasteiger charge is -2.10. The molecule has 1 aromatic heterocycles. The van der Waals surface area contributed by atoms with Gasteiger partial charge in [0.15, 0.2) is 5.78 Å². The molecule has 1 heterocycles. The van der Waals surface area contributed by atoms with Gasteiger partial charge in [0.2, 0.25) is 0 Å². The molecule has 0 aliphatic heterocycles. The highest BCUT2D eigenvalue weighted by molar-refractivity contribution is 6.30. The number of pyridine rings is 1. The molecule has 3 aromatic rings. The molecule has 27 heavy (non-hydrogen) atoms. The van der Waals surface area contributed by atoms with Crippen molar-refractivity contribution in [3.8, 4) is 16.9 Å². The second kappa shape index (κ2) is 8.18. The molecule has 0 saturated carbocycles. The molecule has 0 atom stereocenters. The highest BCUT2D eigenvalue weighted by Crippen LogP contribution is 2.32. The zero-order valence-corrected chi connectivity index (χ0v) is 15.5. The number of carbonyl (C=O) groups excluding carboxylic acids is 2. The number of Topliss-reactive ketones (excluding diaryl/α,β-unsaturated/α-hetero) is 1. The van der Waals surface area contributed by atoms with Gasteiger partial charge in [0, 0.05) is 22.4 Å². The number of aromatic nitrogens is 1. The molecule has 138 valence electrons. The van der Waals surface area contributed by atoms with Crippen LogP contribution < -0.4 is 0 Å². The van der Waals surface area contributed by atoms with Crippen LogP contribution >= 0.6 is 11.6 Å². The van der Waals surface area contributed by atoms with E-state index in [2.05, 4.69) is 4.98 Å². The maximum absolute atomic E-state index is 12.5. The molecule has 0 fully saturated rings. The van der Waals surface area contributed by atoms with Crippen molar-refractivity contribution in [3.05, 3.63) is 59.2 Å². The minimum absolute atomic E-state index is 0.0538. The molecule has 0 aliphatic rings. The summed E-state index contributed by atoms with van der Waals surface area (Å²) >= 11 is 6.09. The Bertz CT molecular complexity index is 1020. The van der Waals surface area contributed by atoms with Gasteiger partial charge in [-0.3, -0.25) is 9.59 Å². The van der Waals surface area contributed by atoms with E-state index in [0.29, 0.717) is 15.9 Å². The number of halogens is 1. The average molecular weight is 384 g/mol. The molecule has 0 spiro atoms. The first-order valence-corrected chi connectivity index (χ1v) is 8.95. The molecule has 2 aromatic carbocycles. The zero-order chi connectivity index (χ0) is 19.4. The van der Waals surface area contributed by atoms with Crippen LogP contribution in [0, 0.1) is 0 Å². The standard InChI is InChI=1S/C21H18ClNO4/c1-2-27-19(26)10-9-17(24)21-18(25)12-14-6-4-8-16(20(14)23-21)13-5-3-7-15(22)11-13/h3-8,11-12,25H,2,9-10H2,1H3. The first-order valence-electron chi connectivity index (χ1n) is 8.57. The van der Waals surface area contributed by atoms with Crippen LogP contribution in [-0.4, -0.2) is 28.4 Å². The Morgan fingerprint density at radius 2 is 1.89 bits per heavy atom. The van der Waals surface area contributed by atoms with E-state index < -0.39 is 11.8 Å². The zero-order valence-electron chi connectivity index (χ0n) is 14.7. The predicted octanol–water partition coefficient (Wildman–Crippen LogP) is 4.79. The normalized spacial score (nSPS) is 10.7. The number of benzene rings is 2. The van der Waals surface area contributed by atoms with Crippen molar-refractivity contribution >= 4 is 34.3 Å². The molecule has 0 unspecified atom stereocenters. The van der Waals surface area contributed by atoms with E-state index in [1.165, 1.54) is 6.07 Å². The second-order valence-electron chi connectivity index (χ2n) is 5.97. The monoisotopic (exact) mass is 383 g/mol. The van der Waals surface area contributed by atoms with Crippen LogP contribution in [0.4, 0.5) is 0 Å². The fourth-order valence-electron chi connectivity index (χ4n) is 2.85. The third-order valence-corrected chi connectivity index (χ3v) is 4.32. The van der Waals surface area contributed by atoms with Crippen LogP contribution in [-0.2, 0) is 9.53 Å². The highest BCUT2D eigenvalue weighted by Gasteiger charge is 2.18. The van der Waals surface area contributed by atoms with Gasteiger partial charge in [-0.25, -0.2) is 4.98 Å². The van der Waals surface area contributed by atoms with E-state index in [1.54, 1.807) is 13.0 Å². The molecule has 1 N–H and O–H groups in total. The van der Waals surface area contributed by atoms with Crippen LogP contribution in [0.5, 0.6) is 5.75 Å². The molecule has 0 aliphatic carbocycles. The van der Waals surface area contributed by atoms with Crippen LogP contribution in [0.3, 0.4) is 0 Å². The average Bonchev–Trinajstić information content (AvgIpc) is 2.65. The van der Waals surface area contributed by atoms with Gasteiger partial charge in [-0.1, -0.05) is 41.9 Å². The van der Waals surface area contributed by atoms with E-state index in [0.717, 1.165) is 11.1 Å². The molecule has 0 saturated heterocycles. The third kappa shape index (κ3) is 4.26. The largest absolute Gasteiger partial charge is 0.506 e. The molecule has 3 rings (SSSR count). The van der Waals surface area contributed by atoms with Gasteiger partial charge < -0.3 is 9.84 Å². The minimum Gasteiger partial charge on any atom is -0.506 e. The van der Waals surface area contributed by atoms with E-state index in [-0.39, 0.29) is 30.9 Å². The van der Waals surface area contributed by atoms with E-state index in [1.807, 2.05) is 36.4 Å². The Hall–Kier alpha value is -2.92. The summed E-state index contributed by atoms with van der Waals surface area (Å²) in [6.45, 7) is 1.96. The summed E-state index contributed by atoms with van der Waals surface area (Å²) in [6.07, 6.45) is -0.133. The first-order chi connectivity index (χ1) is 13.0. The first kappa shape index (κ1) is 18.9. The number of hydrogen-bond acceptors (Lipinski definition) is 5. The Morgan fingerprint density at radius 3 is 2.63 bits per heavy atom. The van der Waals surface area contributed by atoms with Crippen molar-refractivity contribution in [2.24, 2.45) is 0 Å². The summed E-state index contributed by atoms with van der Waals surface area (Å²) in [6, 6.07) is 14.4. The van der Waals surface area contributed by atoms with Gasteiger partial charge in [0.05, 0.1) is 18.5 Å². The van der Waals surface area contributed by atoms with Crippen LogP contribution in [0.1, 0.15) is 30.3 Å². The molecule has 0 amide bonds. The summed E-state index contributed by atoms with van der Waals surface area (Å²) in [5.74, 6) is -1.08. The molecule has 6 heteroatoms. The van der Waals surface area contributed by atoms with Crippen molar-refractivity contribution in [2.45, 2.75) is 19.8 Å². The van der Waals surface area contributed by atoms with Crippen LogP contribution in [0.15, 0.2) is 48.5 Å². The number of esters is 1. The van der Waals surface area contributed by atoms with E-state index in [4.69, 9.17) is 16.3 Å². The Kier molecular flexibility index (Phi) is 5.72. The maximum Gasteiger partial charge on any atom is 0.306 e. The smallest absolute Gasteiger partial charge is 0.306 e. The van der Waals surface area contributed by atoms with Crippen molar-refractivity contribution in [3.63, 3.8) is 0 Å². The van der Waals surface area contributed by atoms with Crippen LogP contribution in [0.2, 0.25) is 5.02 Å². The highest BCUT2D eigenvalue weighted by atomic mass is 35.5. The van der Waals surface area contributed by atoms with Crippen LogP contribution in [0.25, 0.3) is 22.0 Å². The lowest BCUT2D eigenvalue weighted by molar-refractivity contribution is -0.143. The summed E-state index contributed by atoms with van der Waals surface area (Å²) in [7, 11) is 0. The SMILES string of the molecule is CCOC(=O)CCC(=O)c1nc2c(-c3cccc(Cl)c3)cccc2cc1O. The molecule has 0 radical (unpaired) electrons. The lowest BCUT2D eigenvalue weighted by atomic mass is 10.0. The number of aromatic hydroxyl groups is 1. The number of nitrogens with zero attached hydrogens (tertiary/aromatic N) is 1. The number of ether oxygens (including phenoxy) is 1. The number of fused-ring (bicyclic) bond motifs is 1. The molecular weight excluding hydrogens is 366 g/mol. The Balaban J connectivity index is 2.00. The molecule has 5 nitrogen and oxygen atoms in total. The number of rotatable bonds is 6. The predicted molar refractivity (Wildman–Crippen MR) is 104 cm³/mol. The fourth-order valence-corrected chi connectivity index (χ4v) is 3.04. The number of para-hydroxylation sites is 1. The Morgan fingerprint density at radius 1 is 1.11 bits per heavy atom. The quantitative estimate of drug-likeness (QED) is 0.489. The van der Waals surface area contributed by atoms with Crippen molar-refractivity contribution in [1.29, 1.82) is 0 Å². The number of hydrogen-bond donors (Lipinski definition) is 1. The fraction of sp³-hybridized carbons (Fsp3) is 0.190. The number of ketones is 1. The van der Waals surface area contributed by atoms with E-state index in [9.17, 15) is 14.7 Å². The maximum atomic E-state index is 12.5. The number of carbonyl (C=O) groups is 2. The van der Waals surface area contributed by atoms with Crippen molar-refractivity contribution in [1.82, 2.24) is 4.98 Å². The third-order valence-electron chi connectivity index (χ3n) is 4.09. The summed E-state index contributed by atoms with van der Waals surface area (Å²) in [4.78, 5) is 28.4. The van der Waals surface area contributed by atoms with E-state index >= 15 is 0 Å². The Labute approximate surface area is 161 Å². The van der Waals surface area contributed by atoms with Crippen molar-refractivity contribution < 1.29 is 19.4 Å². The lowest BCUT2D eigenvalue weighted by Crippen LogP contribution is -2.09. The van der Waals surface area contributed by atoms with Crippen molar-refractivity contribution in [2.75, 3.05) is 6.61 Å². The second-order valence-corrected chi connectivity index (χ2v) is 6.41. The van der Waals surface area contributed by atoms with Gasteiger partial charge in [-0.2, -0.15) is 0 Å². The summed E-state index contributed by atoms with van der Waals surface area (Å²) in [5.41, 5.74) is 2.18. The van der Waals surface area contributed by atoms with Gasteiger partial charge in [0.1, 0.15) is 11.4 Å². The summed E-state index contributed by atoms with van der Waals surface area (Å²) < 4.78 is 4.83. The van der Waals surface area contributed by atoms with Gasteiger partial charge in [0.25, 0.3) is 0 Å². The minimum atomic E-state index is -0.453. The molecular formula is C21H18ClNO4. The topological polar surface area (TPSA) is 76.5 Å². The van der Waals surface area contributed by atoms with Gasteiger partial charge in [-0.05, 0) is 30.7 Å². The van der Waals surface area contributed by atoms with Gasteiger partial charge in [-0.15, -0.1) is 0 Å². The molecule has 0 bridgehead atoms. The van der Waals surface area contributed by atoms with Gasteiger partial charge >= 0.3 is 5.97 Å².